The number of carbonyl (C=O) groups excluding carboxylic acids is 1. The van der Waals surface area contributed by atoms with Gasteiger partial charge in [0.05, 0.1) is 5.92 Å². The highest BCUT2D eigenvalue weighted by Crippen LogP contribution is 2.27. The van der Waals surface area contributed by atoms with E-state index in [0.29, 0.717) is 12.5 Å². The summed E-state index contributed by atoms with van der Waals surface area (Å²) in [7, 11) is 0. The van der Waals surface area contributed by atoms with Crippen LogP contribution in [0.5, 0.6) is 0 Å². The Morgan fingerprint density at radius 3 is 2.52 bits per heavy atom. The molecule has 116 valence electrons. The number of hydrogen-bond donors (Lipinski definition) is 2. The molecule has 2 rings (SSSR count). The van der Waals surface area contributed by atoms with Gasteiger partial charge in [0, 0.05) is 13.1 Å². The lowest BCUT2D eigenvalue weighted by molar-refractivity contribution is -0.124. The number of nitrogens with one attached hydrogen (secondary N) is 1. The normalized spacial score (nSPS) is 23.5. The molecule has 1 aliphatic rings. The maximum Gasteiger partial charge on any atom is 0.224 e. The van der Waals surface area contributed by atoms with E-state index in [1.807, 2.05) is 18.2 Å². The van der Waals surface area contributed by atoms with E-state index in [4.69, 9.17) is 5.73 Å². The Morgan fingerprint density at radius 2 is 1.90 bits per heavy atom. The minimum Gasteiger partial charge on any atom is -0.356 e. The van der Waals surface area contributed by atoms with Crippen LogP contribution in [0.1, 0.15) is 38.2 Å². The molecule has 3 N–H and O–H groups in total. The Kier molecular flexibility index (Phi) is 6.24. The Balaban J connectivity index is 1.77. The molecule has 1 aromatic rings. The van der Waals surface area contributed by atoms with E-state index in [0.717, 1.165) is 18.9 Å². The van der Waals surface area contributed by atoms with E-state index >= 15 is 0 Å². The molecule has 1 fully saturated rings. The van der Waals surface area contributed by atoms with E-state index in [2.05, 4.69) is 24.4 Å². The van der Waals surface area contributed by atoms with Crippen LogP contribution in [0.15, 0.2) is 30.3 Å². The molecule has 0 saturated heterocycles. The maximum atomic E-state index is 12.3. The van der Waals surface area contributed by atoms with Crippen molar-refractivity contribution in [2.75, 3.05) is 13.1 Å². The van der Waals surface area contributed by atoms with E-state index in [-0.39, 0.29) is 11.8 Å². The molecule has 1 saturated carbocycles. The summed E-state index contributed by atoms with van der Waals surface area (Å²) < 4.78 is 0. The molecule has 1 aromatic carbocycles. The number of nitrogens with two attached hydrogens (primary N) is 1. The standard InChI is InChI=1S/C18H28N2O/c1-14-7-9-16(10-8-14)13-20-18(21)17(12-19)11-15-5-3-2-4-6-15/h2-6,14,16-17H,7-13,19H2,1H3,(H,20,21). The fourth-order valence-corrected chi connectivity index (χ4v) is 3.10. The zero-order valence-corrected chi connectivity index (χ0v) is 13.1. The SMILES string of the molecule is CC1CCC(CNC(=O)C(CN)Cc2ccccc2)CC1. The first kappa shape index (κ1) is 16.0. The summed E-state index contributed by atoms with van der Waals surface area (Å²) in [5.74, 6) is 1.50. The molecular formula is C18H28N2O. The minimum atomic E-state index is -0.116. The van der Waals surface area contributed by atoms with Gasteiger partial charge < -0.3 is 11.1 Å². The highest BCUT2D eigenvalue weighted by atomic mass is 16.1. The van der Waals surface area contributed by atoms with Crippen LogP contribution in [0.4, 0.5) is 0 Å². The molecule has 1 atom stereocenters. The Hall–Kier alpha value is -1.35. The Morgan fingerprint density at radius 1 is 1.24 bits per heavy atom. The third-order valence-corrected chi connectivity index (χ3v) is 4.68. The van der Waals surface area contributed by atoms with Crippen LogP contribution in [0.25, 0.3) is 0 Å². The fraction of sp³-hybridized carbons (Fsp3) is 0.611. The fourth-order valence-electron chi connectivity index (χ4n) is 3.10. The number of hydrogen-bond acceptors (Lipinski definition) is 2. The van der Waals surface area contributed by atoms with Gasteiger partial charge in [0.2, 0.25) is 5.91 Å². The van der Waals surface area contributed by atoms with Crippen molar-refractivity contribution in [3.8, 4) is 0 Å². The summed E-state index contributed by atoms with van der Waals surface area (Å²) in [5, 5.41) is 3.12. The summed E-state index contributed by atoms with van der Waals surface area (Å²) >= 11 is 0. The Labute approximate surface area is 128 Å². The topological polar surface area (TPSA) is 55.1 Å². The number of amides is 1. The predicted molar refractivity (Wildman–Crippen MR) is 86.8 cm³/mol. The number of rotatable bonds is 6. The van der Waals surface area contributed by atoms with Gasteiger partial charge in [0.15, 0.2) is 0 Å². The molecule has 21 heavy (non-hydrogen) atoms. The quantitative estimate of drug-likeness (QED) is 0.845. The maximum absolute atomic E-state index is 12.3. The molecule has 3 nitrogen and oxygen atoms in total. The molecule has 0 aromatic heterocycles. The highest BCUT2D eigenvalue weighted by molar-refractivity contribution is 5.79. The summed E-state index contributed by atoms with van der Waals surface area (Å²) in [4.78, 5) is 12.3. The third kappa shape index (κ3) is 5.16. The zero-order chi connectivity index (χ0) is 15.1. The molecule has 0 heterocycles. The highest BCUT2D eigenvalue weighted by Gasteiger charge is 2.21. The summed E-state index contributed by atoms with van der Waals surface area (Å²) in [6.07, 6.45) is 5.81. The first-order valence-corrected chi connectivity index (χ1v) is 8.20. The summed E-state index contributed by atoms with van der Waals surface area (Å²) in [5.41, 5.74) is 6.96. The predicted octanol–water partition coefficient (Wildman–Crippen LogP) is 2.75. The Bertz CT molecular complexity index is 424. The van der Waals surface area contributed by atoms with Gasteiger partial charge in [-0.3, -0.25) is 4.79 Å². The molecule has 1 amide bonds. The van der Waals surface area contributed by atoms with Crippen molar-refractivity contribution in [2.45, 2.75) is 39.0 Å². The average molecular weight is 288 g/mol. The molecule has 0 spiro atoms. The molecule has 0 aliphatic heterocycles. The van der Waals surface area contributed by atoms with Gasteiger partial charge in [-0.05, 0) is 36.7 Å². The molecule has 1 unspecified atom stereocenters. The second kappa shape index (κ2) is 8.18. The van der Waals surface area contributed by atoms with Crippen LogP contribution >= 0.6 is 0 Å². The molecular weight excluding hydrogens is 260 g/mol. The van der Waals surface area contributed by atoms with E-state index in [1.165, 1.54) is 31.2 Å². The van der Waals surface area contributed by atoms with Crippen LogP contribution in [-0.2, 0) is 11.2 Å². The van der Waals surface area contributed by atoms with Gasteiger partial charge in [0.25, 0.3) is 0 Å². The third-order valence-electron chi connectivity index (χ3n) is 4.68. The van der Waals surface area contributed by atoms with Crippen LogP contribution in [0.3, 0.4) is 0 Å². The van der Waals surface area contributed by atoms with Crippen molar-refractivity contribution in [1.82, 2.24) is 5.32 Å². The van der Waals surface area contributed by atoms with Crippen LogP contribution in [0, 0.1) is 17.8 Å². The van der Waals surface area contributed by atoms with Gasteiger partial charge in [-0.1, -0.05) is 50.1 Å². The molecule has 1 aliphatic carbocycles. The lowest BCUT2D eigenvalue weighted by Crippen LogP contribution is -2.39. The van der Waals surface area contributed by atoms with Gasteiger partial charge in [-0.25, -0.2) is 0 Å². The first-order valence-electron chi connectivity index (χ1n) is 8.20. The van der Waals surface area contributed by atoms with Crippen molar-refractivity contribution < 1.29 is 4.79 Å². The second-order valence-electron chi connectivity index (χ2n) is 6.49. The van der Waals surface area contributed by atoms with Gasteiger partial charge in [-0.2, -0.15) is 0 Å². The van der Waals surface area contributed by atoms with Crippen molar-refractivity contribution in [2.24, 2.45) is 23.5 Å². The molecule has 0 bridgehead atoms. The first-order chi connectivity index (χ1) is 10.2. The smallest absolute Gasteiger partial charge is 0.224 e. The van der Waals surface area contributed by atoms with Crippen LogP contribution in [0.2, 0.25) is 0 Å². The number of benzene rings is 1. The summed E-state index contributed by atoms with van der Waals surface area (Å²) in [6.45, 7) is 3.54. The monoisotopic (exact) mass is 288 g/mol. The van der Waals surface area contributed by atoms with Crippen molar-refractivity contribution >= 4 is 5.91 Å². The van der Waals surface area contributed by atoms with Crippen molar-refractivity contribution in [3.05, 3.63) is 35.9 Å². The van der Waals surface area contributed by atoms with Crippen LogP contribution < -0.4 is 11.1 Å². The largest absolute Gasteiger partial charge is 0.356 e. The van der Waals surface area contributed by atoms with E-state index in [9.17, 15) is 4.79 Å². The van der Waals surface area contributed by atoms with E-state index < -0.39 is 0 Å². The summed E-state index contributed by atoms with van der Waals surface area (Å²) in [6, 6.07) is 10.1. The molecule has 3 heteroatoms. The van der Waals surface area contributed by atoms with Gasteiger partial charge >= 0.3 is 0 Å². The van der Waals surface area contributed by atoms with Gasteiger partial charge in [0.1, 0.15) is 0 Å². The number of carbonyl (C=O) groups is 1. The molecule has 0 radical (unpaired) electrons. The van der Waals surface area contributed by atoms with Crippen molar-refractivity contribution in [1.29, 1.82) is 0 Å². The lowest BCUT2D eigenvalue weighted by atomic mass is 9.83. The van der Waals surface area contributed by atoms with Gasteiger partial charge in [-0.15, -0.1) is 0 Å². The zero-order valence-electron chi connectivity index (χ0n) is 13.1. The average Bonchev–Trinajstić information content (AvgIpc) is 2.52. The lowest BCUT2D eigenvalue weighted by Gasteiger charge is -2.27. The van der Waals surface area contributed by atoms with E-state index in [1.54, 1.807) is 0 Å². The van der Waals surface area contributed by atoms with Crippen molar-refractivity contribution in [3.63, 3.8) is 0 Å². The van der Waals surface area contributed by atoms with Crippen LogP contribution in [-0.4, -0.2) is 19.0 Å². The second-order valence-corrected chi connectivity index (χ2v) is 6.49. The minimum absolute atomic E-state index is 0.111.